The van der Waals surface area contributed by atoms with Crippen LogP contribution in [0.1, 0.15) is 35.7 Å². The van der Waals surface area contributed by atoms with Gasteiger partial charge in [0.1, 0.15) is 0 Å². The van der Waals surface area contributed by atoms with Crippen molar-refractivity contribution >= 4 is 42.4 Å². The number of carbonyl (C=O) groups is 1. The second-order valence-electron chi connectivity index (χ2n) is 6.12. The highest BCUT2D eigenvalue weighted by Gasteiger charge is 2.19. The summed E-state index contributed by atoms with van der Waals surface area (Å²) < 4.78 is 24.7. The zero-order chi connectivity index (χ0) is 18.2. The third-order valence-electron chi connectivity index (χ3n) is 3.83. The molecule has 0 saturated carbocycles. The standard InChI is InChI=1S/C18H18N2O3S2/c1-11(2)12-8-9-14-15(10-12)24-18(19-14)20-17(21)13-6-4-5-7-16(13)25(3,22)23/h4-11H,1-3H3,(H,19,20,21). The Kier molecular flexibility index (Phi) is 4.62. The molecule has 3 rings (SSSR count). The molecular formula is C18H18N2O3S2. The van der Waals surface area contributed by atoms with Gasteiger partial charge < -0.3 is 0 Å². The van der Waals surface area contributed by atoms with Crippen LogP contribution >= 0.6 is 11.3 Å². The van der Waals surface area contributed by atoms with E-state index in [4.69, 9.17) is 0 Å². The van der Waals surface area contributed by atoms with E-state index in [0.29, 0.717) is 11.0 Å². The molecule has 5 nitrogen and oxygen atoms in total. The molecule has 0 fully saturated rings. The van der Waals surface area contributed by atoms with E-state index in [-0.39, 0.29) is 10.5 Å². The summed E-state index contributed by atoms with van der Waals surface area (Å²) in [5.41, 5.74) is 2.13. The van der Waals surface area contributed by atoms with Crippen LogP contribution in [0, 0.1) is 0 Å². The lowest BCUT2D eigenvalue weighted by atomic mass is 10.0. The summed E-state index contributed by atoms with van der Waals surface area (Å²) in [6, 6.07) is 12.2. The van der Waals surface area contributed by atoms with Crippen LogP contribution in [0.2, 0.25) is 0 Å². The van der Waals surface area contributed by atoms with Crippen LogP contribution in [0.15, 0.2) is 47.4 Å². The van der Waals surface area contributed by atoms with Crippen molar-refractivity contribution in [3.63, 3.8) is 0 Å². The number of aromatic nitrogens is 1. The van der Waals surface area contributed by atoms with Crippen molar-refractivity contribution in [1.82, 2.24) is 4.98 Å². The molecule has 25 heavy (non-hydrogen) atoms. The van der Waals surface area contributed by atoms with E-state index >= 15 is 0 Å². The SMILES string of the molecule is CC(C)c1ccc2nc(NC(=O)c3ccccc3S(C)(=O)=O)sc2c1. The van der Waals surface area contributed by atoms with E-state index in [2.05, 4.69) is 30.2 Å². The summed E-state index contributed by atoms with van der Waals surface area (Å²) >= 11 is 1.37. The van der Waals surface area contributed by atoms with Crippen molar-refractivity contribution in [3.05, 3.63) is 53.6 Å². The summed E-state index contributed by atoms with van der Waals surface area (Å²) in [7, 11) is -3.49. The van der Waals surface area contributed by atoms with Gasteiger partial charge >= 0.3 is 0 Å². The Labute approximate surface area is 150 Å². The zero-order valence-electron chi connectivity index (χ0n) is 14.1. The maximum atomic E-state index is 12.5. The summed E-state index contributed by atoms with van der Waals surface area (Å²) in [6.45, 7) is 4.24. The van der Waals surface area contributed by atoms with Crippen LogP contribution in [0.4, 0.5) is 5.13 Å². The maximum absolute atomic E-state index is 12.5. The van der Waals surface area contributed by atoms with Crippen LogP contribution < -0.4 is 5.32 Å². The Bertz CT molecular complexity index is 1050. The van der Waals surface area contributed by atoms with Crippen molar-refractivity contribution in [2.75, 3.05) is 11.6 Å². The topological polar surface area (TPSA) is 76.1 Å². The Morgan fingerprint density at radius 3 is 2.56 bits per heavy atom. The maximum Gasteiger partial charge on any atom is 0.258 e. The minimum Gasteiger partial charge on any atom is -0.298 e. The van der Waals surface area contributed by atoms with E-state index in [1.54, 1.807) is 12.1 Å². The largest absolute Gasteiger partial charge is 0.298 e. The molecule has 130 valence electrons. The molecule has 3 aromatic rings. The van der Waals surface area contributed by atoms with Gasteiger partial charge in [-0.15, -0.1) is 0 Å². The summed E-state index contributed by atoms with van der Waals surface area (Å²) in [6.07, 6.45) is 1.09. The number of anilines is 1. The van der Waals surface area contributed by atoms with Crippen LogP contribution in [-0.2, 0) is 9.84 Å². The zero-order valence-corrected chi connectivity index (χ0v) is 15.7. The van der Waals surface area contributed by atoms with Gasteiger partial charge in [-0.05, 0) is 35.7 Å². The van der Waals surface area contributed by atoms with E-state index in [1.165, 1.54) is 29.0 Å². The highest BCUT2D eigenvalue weighted by molar-refractivity contribution is 7.90. The third-order valence-corrected chi connectivity index (χ3v) is 5.92. The van der Waals surface area contributed by atoms with Gasteiger partial charge in [0.25, 0.3) is 5.91 Å². The molecule has 7 heteroatoms. The van der Waals surface area contributed by atoms with Crippen molar-refractivity contribution in [3.8, 4) is 0 Å². The van der Waals surface area contributed by atoms with Gasteiger partial charge in [0.2, 0.25) is 0 Å². The molecular weight excluding hydrogens is 356 g/mol. The first kappa shape index (κ1) is 17.6. The van der Waals surface area contributed by atoms with E-state index in [9.17, 15) is 13.2 Å². The predicted octanol–water partition coefficient (Wildman–Crippen LogP) is 4.08. The molecule has 1 amide bonds. The molecule has 0 bridgehead atoms. The quantitative estimate of drug-likeness (QED) is 0.747. The summed E-state index contributed by atoms with van der Waals surface area (Å²) in [5, 5.41) is 3.16. The van der Waals surface area contributed by atoms with Crippen molar-refractivity contribution in [2.45, 2.75) is 24.7 Å². The van der Waals surface area contributed by atoms with Crippen molar-refractivity contribution < 1.29 is 13.2 Å². The lowest BCUT2D eigenvalue weighted by molar-refractivity contribution is 0.102. The second-order valence-corrected chi connectivity index (χ2v) is 9.14. The van der Waals surface area contributed by atoms with Crippen LogP contribution in [-0.4, -0.2) is 25.6 Å². The lowest BCUT2D eigenvalue weighted by Crippen LogP contribution is -2.15. The van der Waals surface area contributed by atoms with Gasteiger partial charge in [-0.25, -0.2) is 13.4 Å². The van der Waals surface area contributed by atoms with Gasteiger partial charge in [-0.1, -0.05) is 43.4 Å². The Hall–Kier alpha value is -2.25. The molecule has 0 radical (unpaired) electrons. The molecule has 2 aromatic carbocycles. The Morgan fingerprint density at radius 2 is 1.88 bits per heavy atom. The van der Waals surface area contributed by atoms with Gasteiger partial charge in [-0.3, -0.25) is 10.1 Å². The van der Waals surface area contributed by atoms with Gasteiger partial charge in [0.15, 0.2) is 15.0 Å². The van der Waals surface area contributed by atoms with Gasteiger partial charge in [0.05, 0.1) is 20.7 Å². The minimum absolute atomic E-state index is 0.00991. The molecule has 0 unspecified atom stereocenters. The average molecular weight is 374 g/mol. The number of nitrogens with one attached hydrogen (secondary N) is 1. The van der Waals surface area contributed by atoms with E-state index in [0.717, 1.165) is 16.5 Å². The summed E-state index contributed by atoms with van der Waals surface area (Å²) in [5.74, 6) is -0.0738. The van der Waals surface area contributed by atoms with E-state index in [1.807, 2.05) is 12.1 Å². The highest BCUT2D eigenvalue weighted by Crippen LogP contribution is 2.29. The molecule has 1 heterocycles. The molecule has 0 saturated heterocycles. The average Bonchev–Trinajstić information content (AvgIpc) is 2.95. The summed E-state index contributed by atoms with van der Waals surface area (Å²) in [4.78, 5) is 16.9. The first-order valence-electron chi connectivity index (χ1n) is 7.76. The number of amides is 1. The fourth-order valence-electron chi connectivity index (χ4n) is 2.50. The fourth-order valence-corrected chi connectivity index (χ4v) is 4.29. The van der Waals surface area contributed by atoms with Gasteiger partial charge in [0, 0.05) is 6.26 Å². The Morgan fingerprint density at radius 1 is 1.16 bits per heavy atom. The van der Waals surface area contributed by atoms with Gasteiger partial charge in [-0.2, -0.15) is 0 Å². The normalized spacial score (nSPS) is 11.8. The van der Waals surface area contributed by atoms with Crippen LogP contribution in [0.25, 0.3) is 10.2 Å². The number of hydrogen-bond acceptors (Lipinski definition) is 5. The Balaban J connectivity index is 1.93. The molecule has 0 aliphatic heterocycles. The number of nitrogens with zero attached hydrogens (tertiary/aromatic N) is 1. The third kappa shape index (κ3) is 3.72. The molecule has 0 aliphatic carbocycles. The first-order valence-corrected chi connectivity index (χ1v) is 10.5. The number of carbonyl (C=O) groups excluding carboxylic acids is 1. The number of benzene rings is 2. The number of hydrogen-bond donors (Lipinski definition) is 1. The van der Waals surface area contributed by atoms with Crippen molar-refractivity contribution in [1.29, 1.82) is 0 Å². The number of rotatable bonds is 4. The van der Waals surface area contributed by atoms with E-state index < -0.39 is 15.7 Å². The lowest BCUT2D eigenvalue weighted by Gasteiger charge is -2.06. The minimum atomic E-state index is -3.49. The first-order chi connectivity index (χ1) is 11.8. The number of thiazole rings is 1. The van der Waals surface area contributed by atoms with Crippen molar-refractivity contribution in [2.24, 2.45) is 0 Å². The molecule has 1 N–H and O–H groups in total. The van der Waals surface area contributed by atoms with Crippen LogP contribution in [0.3, 0.4) is 0 Å². The molecule has 0 atom stereocenters. The molecule has 0 spiro atoms. The fraction of sp³-hybridized carbons (Fsp3) is 0.222. The smallest absolute Gasteiger partial charge is 0.258 e. The monoisotopic (exact) mass is 374 g/mol. The van der Waals surface area contributed by atoms with Crippen LogP contribution in [0.5, 0.6) is 0 Å². The number of sulfone groups is 1. The molecule has 1 aromatic heterocycles. The second kappa shape index (κ2) is 6.57. The molecule has 0 aliphatic rings. The number of fused-ring (bicyclic) bond motifs is 1. The predicted molar refractivity (Wildman–Crippen MR) is 101 cm³/mol. The highest BCUT2D eigenvalue weighted by atomic mass is 32.2.